The molecule has 7 nitrogen and oxygen atoms in total. The number of carbonyl (C=O) groups is 2. The lowest BCUT2D eigenvalue weighted by Gasteiger charge is -2.21. The molecule has 0 radical (unpaired) electrons. The third-order valence-electron chi connectivity index (χ3n) is 5.12. The summed E-state index contributed by atoms with van der Waals surface area (Å²) in [5, 5.41) is 16.2. The van der Waals surface area contributed by atoms with Crippen molar-refractivity contribution in [3.05, 3.63) is 80.5 Å². The first kappa shape index (κ1) is 29.3. The highest BCUT2D eigenvalue weighted by molar-refractivity contribution is 7.99. The number of carbonyl (C=O) groups excluding carboxylic acids is 2. The molecule has 2 aromatic carbocycles. The smallest absolute Gasteiger partial charge is 0.253 e. The first-order valence-electron chi connectivity index (χ1n) is 11.3. The van der Waals surface area contributed by atoms with Crippen molar-refractivity contribution in [2.24, 2.45) is 5.92 Å². The van der Waals surface area contributed by atoms with Crippen LogP contribution in [0, 0.1) is 5.92 Å². The topological polar surface area (TPSA) is 88.9 Å². The molecule has 3 rings (SSSR count). The summed E-state index contributed by atoms with van der Waals surface area (Å²) in [7, 11) is 0. The zero-order valence-electron chi connectivity index (χ0n) is 20.1. The third-order valence-corrected chi connectivity index (χ3v) is 7.45. The highest BCUT2D eigenvalue weighted by Crippen LogP contribution is 2.30. The number of allylic oxidation sites excluding steroid dienone is 1. The summed E-state index contributed by atoms with van der Waals surface area (Å²) in [4.78, 5) is 25.6. The number of thioether (sulfide) groups is 1. The molecule has 1 heterocycles. The standard InChI is InChI=1S/C25H25Cl4N5O2S/c1-4-10-34-23(20(11-14(2)3)31-24(36)16-9-8-15(26)12-18(16)28)32-33-25(34)37-13-21(35)30-19-7-5-6-17(27)22(19)29/h4-9,12,14,20H,1,10-11,13H2,2-3H3,(H,30,35)(H,31,36)/t20-/m1/s1. The number of nitrogens with zero attached hydrogens (tertiary/aromatic N) is 3. The Labute approximate surface area is 239 Å². The lowest BCUT2D eigenvalue weighted by Crippen LogP contribution is -2.32. The molecule has 0 aliphatic rings. The fourth-order valence-corrected chi connectivity index (χ4v) is 5.09. The molecule has 0 bridgehead atoms. The molecule has 1 aromatic heterocycles. The van der Waals surface area contributed by atoms with E-state index in [1.165, 1.54) is 17.8 Å². The van der Waals surface area contributed by atoms with Gasteiger partial charge in [-0.1, -0.05) is 84.2 Å². The molecule has 0 saturated carbocycles. The summed E-state index contributed by atoms with van der Waals surface area (Å²) >= 11 is 25.6. The van der Waals surface area contributed by atoms with E-state index in [1.807, 2.05) is 18.4 Å². The molecule has 1 atom stereocenters. The molecule has 2 amide bonds. The van der Waals surface area contributed by atoms with Crippen molar-refractivity contribution < 1.29 is 9.59 Å². The van der Waals surface area contributed by atoms with Gasteiger partial charge in [0.25, 0.3) is 5.91 Å². The Bertz CT molecular complexity index is 1300. The van der Waals surface area contributed by atoms with Crippen molar-refractivity contribution in [3.8, 4) is 0 Å². The van der Waals surface area contributed by atoms with Crippen molar-refractivity contribution in [2.45, 2.75) is 38.0 Å². The van der Waals surface area contributed by atoms with E-state index in [9.17, 15) is 9.59 Å². The highest BCUT2D eigenvalue weighted by atomic mass is 35.5. The number of benzene rings is 2. The van der Waals surface area contributed by atoms with E-state index in [0.29, 0.717) is 45.2 Å². The van der Waals surface area contributed by atoms with Crippen molar-refractivity contribution in [1.82, 2.24) is 20.1 Å². The minimum atomic E-state index is -0.458. The summed E-state index contributed by atoms with van der Waals surface area (Å²) in [5.74, 6) is 0.206. The molecule has 0 aliphatic carbocycles. The predicted molar refractivity (Wildman–Crippen MR) is 152 cm³/mol. The fourth-order valence-electron chi connectivity index (χ4n) is 3.49. The molecule has 37 heavy (non-hydrogen) atoms. The average molecular weight is 601 g/mol. The van der Waals surface area contributed by atoms with E-state index in [4.69, 9.17) is 46.4 Å². The molecule has 2 N–H and O–H groups in total. The van der Waals surface area contributed by atoms with Crippen LogP contribution in [0.25, 0.3) is 0 Å². The van der Waals surface area contributed by atoms with Crippen molar-refractivity contribution in [1.29, 1.82) is 0 Å². The van der Waals surface area contributed by atoms with E-state index >= 15 is 0 Å². The molecule has 196 valence electrons. The van der Waals surface area contributed by atoms with Gasteiger partial charge in [0.15, 0.2) is 11.0 Å². The molecule has 0 unspecified atom stereocenters. The van der Waals surface area contributed by atoms with Gasteiger partial charge in [-0.05, 0) is 42.7 Å². The second-order valence-corrected chi connectivity index (χ2v) is 11.0. The molecular weight excluding hydrogens is 576 g/mol. The molecule has 3 aromatic rings. The third kappa shape index (κ3) is 7.88. The Hall–Kier alpha value is -2.23. The van der Waals surface area contributed by atoms with Crippen LogP contribution in [0.2, 0.25) is 20.1 Å². The van der Waals surface area contributed by atoms with Gasteiger partial charge in [-0.2, -0.15) is 0 Å². The highest BCUT2D eigenvalue weighted by Gasteiger charge is 2.25. The number of hydrogen-bond acceptors (Lipinski definition) is 5. The number of rotatable bonds is 11. The van der Waals surface area contributed by atoms with Crippen LogP contribution >= 0.6 is 58.2 Å². The number of nitrogens with one attached hydrogen (secondary N) is 2. The zero-order chi connectivity index (χ0) is 27.1. The number of hydrogen-bond donors (Lipinski definition) is 2. The largest absolute Gasteiger partial charge is 0.342 e. The minimum Gasteiger partial charge on any atom is -0.342 e. The first-order valence-corrected chi connectivity index (χ1v) is 13.8. The zero-order valence-corrected chi connectivity index (χ0v) is 23.9. The number of amides is 2. The molecule has 0 aliphatic heterocycles. The van der Waals surface area contributed by atoms with Gasteiger partial charge in [-0.15, -0.1) is 16.8 Å². The van der Waals surface area contributed by atoms with Crippen LogP contribution in [-0.4, -0.2) is 32.3 Å². The summed E-state index contributed by atoms with van der Waals surface area (Å²) in [6.45, 7) is 8.30. The maximum absolute atomic E-state index is 13.1. The number of halogens is 4. The maximum Gasteiger partial charge on any atom is 0.253 e. The second-order valence-electron chi connectivity index (χ2n) is 8.46. The van der Waals surface area contributed by atoms with E-state index in [0.717, 1.165) is 0 Å². The van der Waals surface area contributed by atoms with Crippen LogP contribution in [0.5, 0.6) is 0 Å². The minimum absolute atomic E-state index is 0.0553. The van der Waals surface area contributed by atoms with Gasteiger partial charge < -0.3 is 15.2 Å². The molecule has 0 spiro atoms. The Morgan fingerprint density at radius 1 is 1.11 bits per heavy atom. The normalized spacial score (nSPS) is 11.9. The molecule has 0 fully saturated rings. The Balaban J connectivity index is 1.79. The summed E-state index contributed by atoms with van der Waals surface area (Å²) in [6, 6.07) is 9.25. The van der Waals surface area contributed by atoms with Gasteiger partial charge in [-0.3, -0.25) is 9.59 Å². The Morgan fingerprint density at radius 2 is 1.86 bits per heavy atom. The maximum atomic E-state index is 13.1. The first-order chi connectivity index (χ1) is 17.6. The van der Waals surface area contributed by atoms with Crippen LogP contribution in [0.15, 0.2) is 54.2 Å². The Morgan fingerprint density at radius 3 is 2.54 bits per heavy atom. The summed E-state index contributed by atoms with van der Waals surface area (Å²) in [6.07, 6.45) is 2.30. The van der Waals surface area contributed by atoms with Gasteiger partial charge in [0.1, 0.15) is 0 Å². The van der Waals surface area contributed by atoms with E-state index in [1.54, 1.807) is 36.4 Å². The van der Waals surface area contributed by atoms with Gasteiger partial charge in [0.05, 0.1) is 38.1 Å². The van der Waals surface area contributed by atoms with Crippen LogP contribution < -0.4 is 10.6 Å². The van der Waals surface area contributed by atoms with Crippen molar-refractivity contribution in [2.75, 3.05) is 11.1 Å². The lowest BCUT2D eigenvalue weighted by atomic mass is 10.0. The molecule has 12 heteroatoms. The predicted octanol–water partition coefficient (Wildman–Crippen LogP) is 7.33. The average Bonchev–Trinajstić information content (AvgIpc) is 3.22. The van der Waals surface area contributed by atoms with Crippen molar-refractivity contribution in [3.63, 3.8) is 0 Å². The lowest BCUT2D eigenvalue weighted by molar-refractivity contribution is -0.113. The van der Waals surface area contributed by atoms with Gasteiger partial charge in [0, 0.05) is 11.6 Å². The van der Waals surface area contributed by atoms with Crippen molar-refractivity contribution >= 4 is 75.7 Å². The van der Waals surface area contributed by atoms with Crippen LogP contribution in [0.3, 0.4) is 0 Å². The molecule has 0 saturated heterocycles. The van der Waals surface area contributed by atoms with E-state index in [2.05, 4.69) is 27.4 Å². The number of anilines is 1. The summed E-state index contributed by atoms with van der Waals surface area (Å²) < 4.78 is 1.83. The Kier molecular flexibility index (Phi) is 10.7. The van der Waals surface area contributed by atoms with Crippen LogP contribution in [-0.2, 0) is 11.3 Å². The van der Waals surface area contributed by atoms with Gasteiger partial charge in [-0.25, -0.2) is 0 Å². The molecular formula is C25H25Cl4N5O2S. The quantitative estimate of drug-likeness (QED) is 0.178. The van der Waals surface area contributed by atoms with E-state index in [-0.39, 0.29) is 33.5 Å². The van der Waals surface area contributed by atoms with Gasteiger partial charge >= 0.3 is 0 Å². The van der Waals surface area contributed by atoms with Crippen LogP contribution in [0.4, 0.5) is 5.69 Å². The number of aromatic nitrogens is 3. The monoisotopic (exact) mass is 599 g/mol. The van der Waals surface area contributed by atoms with Gasteiger partial charge in [0.2, 0.25) is 5.91 Å². The SMILES string of the molecule is C=CCn1c(SCC(=O)Nc2cccc(Cl)c2Cl)nnc1[C@@H](CC(C)C)NC(=O)c1ccc(Cl)cc1Cl. The van der Waals surface area contributed by atoms with Crippen LogP contribution in [0.1, 0.15) is 42.5 Å². The summed E-state index contributed by atoms with van der Waals surface area (Å²) in [5.41, 5.74) is 0.731. The fraction of sp³-hybridized carbons (Fsp3) is 0.280. The van der Waals surface area contributed by atoms with E-state index < -0.39 is 6.04 Å². The second kappa shape index (κ2) is 13.5.